The van der Waals surface area contributed by atoms with E-state index in [4.69, 9.17) is 10.8 Å². The van der Waals surface area contributed by atoms with E-state index in [9.17, 15) is 18.0 Å². The minimum atomic E-state index is -3.36. The van der Waals surface area contributed by atoms with Gasteiger partial charge in [0.2, 0.25) is 10.0 Å². The lowest BCUT2D eigenvalue weighted by atomic mass is 10.1. The number of carbonyl (C=O) groups excluding carboxylic acids is 1. The van der Waals surface area contributed by atoms with E-state index in [-0.39, 0.29) is 5.78 Å². The molecule has 1 saturated heterocycles. The number of piperidine rings is 1. The molecule has 0 aromatic rings. The molecule has 4 N–H and O–H groups in total. The summed E-state index contributed by atoms with van der Waals surface area (Å²) in [5.74, 6) is -0.952. The zero-order chi connectivity index (χ0) is 17.5. The van der Waals surface area contributed by atoms with Gasteiger partial charge in [0.1, 0.15) is 11.8 Å². The van der Waals surface area contributed by atoms with Crippen LogP contribution in [0.15, 0.2) is 0 Å². The number of hydrogen-bond acceptors (Lipinski definition) is 6. The van der Waals surface area contributed by atoms with Crippen molar-refractivity contribution in [1.82, 2.24) is 9.62 Å². The number of nitrogens with one attached hydrogen (secondary N) is 1. The molecule has 134 valence electrons. The Kier molecular flexibility index (Phi) is 8.10. The second-order valence-corrected chi connectivity index (χ2v) is 8.10. The molecular formula is C14H27N3O5S. The van der Waals surface area contributed by atoms with Gasteiger partial charge in [-0.05, 0) is 45.7 Å². The van der Waals surface area contributed by atoms with Crippen molar-refractivity contribution in [2.24, 2.45) is 5.73 Å². The molecule has 1 rings (SSSR count). The second kappa shape index (κ2) is 9.31. The van der Waals surface area contributed by atoms with Gasteiger partial charge in [-0.1, -0.05) is 6.42 Å². The van der Waals surface area contributed by atoms with Crippen LogP contribution in [-0.2, 0) is 19.6 Å². The van der Waals surface area contributed by atoms with Gasteiger partial charge in [-0.25, -0.2) is 13.1 Å². The minimum Gasteiger partial charge on any atom is -0.480 e. The first-order valence-corrected chi connectivity index (χ1v) is 9.45. The van der Waals surface area contributed by atoms with Gasteiger partial charge in [-0.3, -0.25) is 14.5 Å². The monoisotopic (exact) mass is 349 g/mol. The fraction of sp³-hybridized carbons (Fsp3) is 0.857. The molecule has 0 unspecified atom stereocenters. The van der Waals surface area contributed by atoms with E-state index in [1.165, 1.54) is 6.92 Å². The maximum atomic E-state index is 12.2. The van der Waals surface area contributed by atoms with E-state index in [1.807, 2.05) is 4.90 Å². The lowest BCUT2D eigenvalue weighted by Crippen LogP contribution is -2.44. The lowest BCUT2D eigenvalue weighted by Gasteiger charge is -2.30. The minimum absolute atomic E-state index is 0.0870. The topological polar surface area (TPSA) is 130 Å². The molecule has 9 heteroatoms. The number of unbranched alkanes of at least 4 members (excludes halogenated alkanes) is 1. The zero-order valence-electron chi connectivity index (χ0n) is 13.5. The maximum Gasteiger partial charge on any atom is 0.320 e. The van der Waals surface area contributed by atoms with Crippen LogP contribution in [0.4, 0.5) is 0 Å². The van der Waals surface area contributed by atoms with Crippen LogP contribution in [0, 0.1) is 0 Å². The van der Waals surface area contributed by atoms with Crippen molar-refractivity contribution in [3.05, 3.63) is 0 Å². The highest BCUT2D eigenvalue weighted by Gasteiger charge is 2.29. The quantitative estimate of drug-likeness (QED) is 0.455. The van der Waals surface area contributed by atoms with E-state index in [1.54, 1.807) is 0 Å². The number of ketones is 1. The smallest absolute Gasteiger partial charge is 0.320 e. The number of aliphatic carboxylic acids is 1. The molecule has 1 atom stereocenters. The standard InChI is InChI=1S/C14H27N3O5S/c1-11(18)10-17-8-5-12(6-9-17)23(21,22)16-7-3-2-4-13(15)14(19)20/h12-13,16H,2-10,15H2,1H3,(H,19,20)/t13-/m1/s1. The van der Waals surface area contributed by atoms with E-state index < -0.39 is 27.3 Å². The SMILES string of the molecule is CC(=O)CN1CCC(S(=O)(=O)NCCCC[C@@H](N)C(=O)O)CC1. The Bertz CT molecular complexity index is 501. The summed E-state index contributed by atoms with van der Waals surface area (Å²) in [6, 6.07) is -0.891. The number of rotatable bonds is 10. The highest BCUT2D eigenvalue weighted by molar-refractivity contribution is 7.90. The van der Waals surface area contributed by atoms with Gasteiger partial charge in [0.25, 0.3) is 0 Å². The van der Waals surface area contributed by atoms with Crippen LogP contribution >= 0.6 is 0 Å². The molecule has 0 aromatic heterocycles. The number of nitrogens with zero attached hydrogens (tertiary/aromatic N) is 1. The van der Waals surface area contributed by atoms with Crippen LogP contribution in [0.3, 0.4) is 0 Å². The second-order valence-electron chi connectivity index (χ2n) is 6.06. The number of carboxylic acids is 1. The van der Waals surface area contributed by atoms with Crippen molar-refractivity contribution in [3.8, 4) is 0 Å². The maximum absolute atomic E-state index is 12.2. The summed E-state index contributed by atoms with van der Waals surface area (Å²) in [6.45, 7) is 3.42. The molecule has 23 heavy (non-hydrogen) atoms. The Morgan fingerprint density at radius 3 is 2.43 bits per heavy atom. The van der Waals surface area contributed by atoms with Crippen molar-refractivity contribution < 1.29 is 23.1 Å². The van der Waals surface area contributed by atoms with E-state index in [0.717, 1.165) is 0 Å². The van der Waals surface area contributed by atoms with Crippen LogP contribution in [-0.4, -0.2) is 67.6 Å². The molecule has 1 fully saturated rings. The molecule has 1 aliphatic rings. The highest BCUT2D eigenvalue weighted by Crippen LogP contribution is 2.17. The predicted octanol–water partition coefficient (Wildman–Crippen LogP) is -0.459. The third-order valence-electron chi connectivity index (χ3n) is 3.98. The first-order chi connectivity index (χ1) is 10.7. The summed E-state index contributed by atoms with van der Waals surface area (Å²) in [5, 5.41) is 8.23. The van der Waals surface area contributed by atoms with Crippen LogP contribution in [0.2, 0.25) is 0 Å². The van der Waals surface area contributed by atoms with Crippen molar-refractivity contribution in [2.75, 3.05) is 26.2 Å². The van der Waals surface area contributed by atoms with Crippen LogP contribution < -0.4 is 10.5 Å². The summed E-state index contributed by atoms with van der Waals surface area (Å²) in [6.07, 6.45) is 2.50. The van der Waals surface area contributed by atoms with E-state index in [0.29, 0.717) is 58.3 Å². The Balaban J connectivity index is 2.26. The van der Waals surface area contributed by atoms with Gasteiger partial charge in [0.05, 0.1) is 11.8 Å². The highest BCUT2D eigenvalue weighted by atomic mass is 32.2. The molecule has 0 saturated carbocycles. The third-order valence-corrected chi connectivity index (χ3v) is 5.94. The molecule has 0 aliphatic carbocycles. The molecule has 1 aliphatic heterocycles. The molecule has 8 nitrogen and oxygen atoms in total. The first kappa shape index (κ1) is 20.0. The number of likely N-dealkylation sites (tertiary alicyclic amines) is 1. The van der Waals surface area contributed by atoms with Crippen LogP contribution in [0.1, 0.15) is 39.0 Å². The van der Waals surface area contributed by atoms with Gasteiger partial charge in [-0.2, -0.15) is 0 Å². The van der Waals surface area contributed by atoms with Gasteiger partial charge in [0.15, 0.2) is 0 Å². The molecule has 0 amide bonds. The Hall–Kier alpha value is -1.03. The molecule has 0 radical (unpaired) electrons. The van der Waals surface area contributed by atoms with E-state index >= 15 is 0 Å². The average Bonchev–Trinajstić information content (AvgIpc) is 2.46. The molecular weight excluding hydrogens is 322 g/mol. The lowest BCUT2D eigenvalue weighted by molar-refractivity contribution is -0.138. The zero-order valence-corrected chi connectivity index (χ0v) is 14.3. The summed E-state index contributed by atoms with van der Waals surface area (Å²) >= 11 is 0. The fourth-order valence-corrected chi connectivity index (χ4v) is 4.13. The number of hydrogen-bond donors (Lipinski definition) is 3. The number of carboxylic acid groups (broad SMARTS) is 1. The van der Waals surface area contributed by atoms with Gasteiger partial charge >= 0.3 is 5.97 Å². The third kappa shape index (κ3) is 7.38. The first-order valence-electron chi connectivity index (χ1n) is 7.91. The summed E-state index contributed by atoms with van der Waals surface area (Å²) in [4.78, 5) is 23.6. The van der Waals surface area contributed by atoms with Crippen molar-refractivity contribution in [1.29, 1.82) is 0 Å². The molecule has 0 aromatic carbocycles. The Morgan fingerprint density at radius 2 is 1.91 bits per heavy atom. The van der Waals surface area contributed by atoms with Crippen molar-refractivity contribution in [3.63, 3.8) is 0 Å². The van der Waals surface area contributed by atoms with Gasteiger partial charge in [-0.15, -0.1) is 0 Å². The van der Waals surface area contributed by atoms with E-state index in [2.05, 4.69) is 4.72 Å². The summed E-state index contributed by atoms with van der Waals surface area (Å²) < 4.78 is 27.0. The fourth-order valence-electron chi connectivity index (χ4n) is 2.64. The Morgan fingerprint density at radius 1 is 1.30 bits per heavy atom. The summed E-state index contributed by atoms with van der Waals surface area (Å²) in [5.41, 5.74) is 5.38. The normalized spacial score (nSPS) is 18.7. The average molecular weight is 349 g/mol. The number of sulfonamides is 1. The van der Waals surface area contributed by atoms with Crippen molar-refractivity contribution in [2.45, 2.75) is 50.3 Å². The predicted molar refractivity (Wildman–Crippen MR) is 86.5 cm³/mol. The van der Waals surface area contributed by atoms with Crippen LogP contribution in [0.25, 0.3) is 0 Å². The Labute approximate surface area is 137 Å². The van der Waals surface area contributed by atoms with Gasteiger partial charge < -0.3 is 10.8 Å². The van der Waals surface area contributed by atoms with Gasteiger partial charge in [0, 0.05) is 6.54 Å². The van der Waals surface area contributed by atoms with Crippen molar-refractivity contribution >= 4 is 21.8 Å². The summed E-state index contributed by atoms with van der Waals surface area (Å²) in [7, 11) is -3.36. The number of nitrogens with two attached hydrogens (primary N) is 1. The molecule has 0 spiro atoms. The molecule has 1 heterocycles. The number of Topliss-reactive ketones (excluding diaryl/α,β-unsaturated/α-hetero) is 1. The number of carbonyl (C=O) groups is 2. The largest absolute Gasteiger partial charge is 0.480 e. The van der Waals surface area contributed by atoms with Crippen LogP contribution in [0.5, 0.6) is 0 Å². The molecule has 0 bridgehead atoms.